The maximum Gasteiger partial charge on any atom is 0.176 e. The van der Waals surface area contributed by atoms with E-state index in [1.807, 2.05) is 11.9 Å². The van der Waals surface area contributed by atoms with Gasteiger partial charge in [-0.3, -0.25) is 4.90 Å². The van der Waals surface area contributed by atoms with Crippen molar-refractivity contribution in [3.63, 3.8) is 0 Å². The normalized spacial score (nSPS) is 16.6. The molecule has 1 aliphatic rings. The van der Waals surface area contributed by atoms with Gasteiger partial charge in [0, 0.05) is 25.4 Å². The van der Waals surface area contributed by atoms with E-state index in [1.54, 1.807) is 0 Å². The molecule has 1 saturated heterocycles. The zero-order valence-electron chi connectivity index (χ0n) is 10.1. The first kappa shape index (κ1) is 13.2. The number of rotatable bonds is 2. The number of likely N-dealkylation sites (tertiary alicyclic amines) is 1. The van der Waals surface area contributed by atoms with Gasteiger partial charge < -0.3 is 0 Å². The number of sulfone groups is 1. The molecule has 0 spiro atoms. The van der Waals surface area contributed by atoms with Crippen LogP contribution >= 0.6 is 0 Å². The van der Waals surface area contributed by atoms with Crippen LogP contribution in [0.1, 0.15) is 5.56 Å². The highest BCUT2D eigenvalue weighted by atomic mass is 32.2. The van der Waals surface area contributed by atoms with Gasteiger partial charge in [-0.25, -0.2) is 17.2 Å². The minimum atomic E-state index is -3.52. The molecule has 18 heavy (non-hydrogen) atoms. The maximum absolute atomic E-state index is 13.2. The molecule has 0 atom stereocenters. The molecule has 0 N–H and O–H groups in total. The third-order valence-corrected chi connectivity index (χ3v) is 4.00. The molecule has 3 nitrogen and oxygen atoms in total. The number of hydrogen-bond acceptors (Lipinski definition) is 3. The molecule has 0 unspecified atom stereocenters. The van der Waals surface area contributed by atoms with Crippen LogP contribution in [0.2, 0.25) is 0 Å². The third-order valence-electron chi connectivity index (χ3n) is 2.74. The fraction of sp³-hybridized carbons (Fsp3) is 0.333. The van der Waals surface area contributed by atoms with E-state index in [0.717, 1.165) is 24.5 Å². The van der Waals surface area contributed by atoms with Crippen molar-refractivity contribution in [2.75, 3.05) is 26.4 Å². The summed E-state index contributed by atoms with van der Waals surface area (Å²) >= 11 is 0. The molecule has 1 aliphatic heterocycles. The lowest BCUT2D eigenvalue weighted by Gasteiger charge is -2.32. The molecule has 0 bridgehead atoms. The van der Waals surface area contributed by atoms with Crippen LogP contribution in [-0.4, -0.2) is 39.7 Å². The summed E-state index contributed by atoms with van der Waals surface area (Å²) in [5, 5.41) is 0. The van der Waals surface area contributed by atoms with E-state index in [4.69, 9.17) is 0 Å². The minimum Gasteiger partial charge on any atom is -0.298 e. The second-order valence-electron chi connectivity index (χ2n) is 4.54. The topological polar surface area (TPSA) is 37.4 Å². The first-order valence-corrected chi connectivity index (χ1v) is 7.23. The van der Waals surface area contributed by atoms with E-state index in [-0.39, 0.29) is 10.5 Å². The van der Waals surface area contributed by atoms with Gasteiger partial charge in [0.2, 0.25) is 0 Å². The lowest BCUT2D eigenvalue weighted by Crippen LogP contribution is -2.37. The molecular formula is C12H13F2NO2S. The summed E-state index contributed by atoms with van der Waals surface area (Å²) in [6.07, 6.45) is 1.05. The summed E-state index contributed by atoms with van der Waals surface area (Å²) in [6, 6.07) is 2.82. The van der Waals surface area contributed by atoms with Crippen molar-refractivity contribution >= 4 is 14.7 Å². The Morgan fingerprint density at radius 1 is 1.17 bits per heavy atom. The van der Waals surface area contributed by atoms with Gasteiger partial charge in [0.15, 0.2) is 9.84 Å². The van der Waals surface area contributed by atoms with E-state index in [0.29, 0.717) is 18.7 Å². The average Bonchev–Trinajstić information content (AvgIpc) is 2.11. The van der Waals surface area contributed by atoms with E-state index in [2.05, 4.69) is 0 Å². The fourth-order valence-electron chi connectivity index (χ4n) is 2.11. The highest BCUT2D eigenvalue weighted by Gasteiger charge is 2.27. The lowest BCUT2D eigenvalue weighted by molar-refractivity contribution is 0.312. The average molecular weight is 273 g/mol. The fourth-order valence-corrected chi connectivity index (χ4v) is 3.31. The Labute approximate surface area is 105 Å². The van der Waals surface area contributed by atoms with Gasteiger partial charge in [-0.15, -0.1) is 0 Å². The molecular weight excluding hydrogens is 260 g/mol. The Bertz CT molecular complexity index is 595. The van der Waals surface area contributed by atoms with Gasteiger partial charge in [-0.1, -0.05) is 0 Å². The molecule has 0 saturated carbocycles. The first-order chi connectivity index (χ1) is 8.27. The van der Waals surface area contributed by atoms with Crippen LogP contribution in [0.15, 0.2) is 23.8 Å². The molecule has 0 amide bonds. The quantitative estimate of drug-likeness (QED) is 0.822. The summed E-state index contributed by atoms with van der Waals surface area (Å²) in [5.41, 5.74) is 0.767. The van der Waals surface area contributed by atoms with Gasteiger partial charge in [0.1, 0.15) is 11.6 Å². The molecule has 2 rings (SSSR count). The zero-order valence-corrected chi connectivity index (χ0v) is 10.9. The van der Waals surface area contributed by atoms with Crippen molar-refractivity contribution in [2.45, 2.75) is 0 Å². The molecule has 1 heterocycles. The van der Waals surface area contributed by atoms with Crippen molar-refractivity contribution in [1.82, 2.24) is 4.90 Å². The van der Waals surface area contributed by atoms with Crippen LogP contribution in [-0.2, 0) is 9.84 Å². The van der Waals surface area contributed by atoms with Crippen molar-refractivity contribution in [3.05, 3.63) is 41.0 Å². The Hall–Kier alpha value is -1.27. The summed E-state index contributed by atoms with van der Waals surface area (Å²) in [6.45, 7) is 1.00. The molecule has 1 fully saturated rings. The number of nitrogens with zero attached hydrogens (tertiary/aromatic N) is 1. The number of likely N-dealkylation sites (N-methyl/N-ethyl adjacent to an activating group) is 1. The third kappa shape index (κ3) is 2.59. The summed E-state index contributed by atoms with van der Waals surface area (Å²) in [4.78, 5) is 1.95. The molecule has 1 aromatic carbocycles. The smallest absolute Gasteiger partial charge is 0.176 e. The molecule has 0 aliphatic carbocycles. The molecule has 0 radical (unpaired) electrons. The van der Waals surface area contributed by atoms with Crippen LogP contribution in [0.25, 0.3) is 4.91 Å². The van der Waals surface area contributed by atoms with Crippen molar-refractivity contribution in [2.24, 2.45) is 0 Å². The number of hydrogen-bond donors (Lipinski definition) is 0. The van der Waals surface area contributed by atoms with Crippen LogP contribution in [0.3, 0.4) is 0 Å². The van der Waals surface area contributed by atoms with Crippen molar-refractivity contribution in [3.8, 4) is 0 Å². The monoisotopic (exact) mass is 273 g/mol. The van der Waals surface area contributed by atoms with E-state index < -0.39 is 21.5 Å². The standard InChI is InChI=1S/C12H13F2NO2S/c1-15-6-9(7-15)12(18(2,16)17)8-3-10(13)5-11(14)4-8/h3-5H,6-7H2,1-2H3. The van der Waals surface area contributed by atoms with Crippen LogP contribution in [0.4, 0.5) is 8.78 Å². The van der Waals surface area contributed by atoms with Crippen molar-refractivity contribution in [1.29, 1.82) is 0 Å². The van der Waals surface area contributed by atoms with E-state index >= 15 is 0 Å². The number of halogens is 2. The predicted octanol–water partition coefficient (Wildman–Crippen LogP) is 1.67. The zero-order chi connectivity index (χ0) is 13.5. The van der Waals surface area contributed by atoms with Crippen LogP contribution < -0.4 is 0 Å². The van der Waals surface area contributed by atoms with Gasteiger partial charge in [0.05, 0.1) is 4.91 Å². The van der Waals surface area contributed by atoms with Gasteiger partial charge in [0.25, 0.3) is 0 Å². The summed E-state index contributed by atoms with van der Waals surface area (Å²) < 4.78 is 49.9. The molecule has 98 valence electrons. The summed E-state index contributed by atoms with van der Waals surface area (Å²) in [5.74, 6) is -1.56. The van der Waals surface area contributed by atoms with Crippen molar-refractivity contribution < 1.29 is 17.2 Å². The first-order valence-electron chi connectivity index (χ1n) is 5.34. The second-order valence-corrected chi connectivity index (χ2v) is 6.49. The second kappa shape index (κ2) is 4.44. The Morgan fingerprint density at radius 3 is 2.06 bits per heavy atom. The molecule has 6 heteroatoms. The Balaban J connectivity index is 2.59. The number of benzene rings is 1. The predicted molar refractivity (Wildman–Crippen MR) is 65.6 cm³/mol. The SMILES string of the molecule is CN1CC(=C(c2cc(F)cc(F)c2)S(C)(=O)=O)C1. The van der Waals surface area contributed by atoms with Gasteiger partial charge in [-0.2, -0.15) is 0 Å². The van der Waals surface area contributed by atoms with Gasteiger partial charge >= 0.3 is 0 Å². The Morgan fingerprint density at radius 2 is 1.67 bits per heavy atom. The highest BCUT2D eigenvalue weighted by molar-refractivity contribution is 8.00. The van der Waals surface area contributed by atoms with Gasteiger partial charge in [-0.05, 0) is 30.3 Å². The van der Waals surface area contributed by atoms with E-state index in [1.165, 1.54) is 0 Å². The molecule has 0 aromatic heterocycles. The summed E-state index contributed by atoms with van der Waals surface area (Å²) in [7, 11) is -1.67. The lowest BCUT2D eigenvalue weighted by atomic mass is 10.0. The highest BCUT2D eigenvalue weighted by Crippen LogP contribution is 2.30. The Kier molecular flexibility index (Phi) is 3.25. The van der Waals surface area contributed by atoms with Crippen LogP contribution in [0, 0.1) is 11.6 Å². The maximum atomic E-state index is 13.2. The minimum absolute atomic E-state index is 0.0407. The van der Waals surface area contributed by atoms with Crippen LogP contribution in [0.5, 0.6) is 0 Å². The largest absolute Gasteiger partial charge is 0.298 e. The molecule has 1 aromatic rings. The van der Waals surface area contributed by atoms with E-state index in [9.17, 15) is 17.2 Å².